The molecule has 1 aliphatic heterocycles. The van der Waals surface area contributed by atoms with E-state index in [-0.39, 0.29) is 17.9 Å². The molecule has 4 rings (SSSR count). The predicted molar refractivity (Wildman–Crippen MR) is 124 cm³/mol. The van der Waals surface area contributed by atoms with E-state index in [4.69, 9.17) is 9.47 Å². The Hall–Kier alpha value is -3.72. The highest BCUT2D eigenvalue weighted by molar-refractivity contribution is 6.07. The van der Waals surface area contributed by atoms with Crippen LogP contribution in [0.2, 0.25) is 0 Å². The molecule has 0 saturated carbocycles. The zero-order valence-electron chi connectivity index (χ0n) is 19.1. The summed E-state index contributed by atoms with van der Waals surface area (Å²) in [7, 11) is 0. The van der Waals surface area contributed by atoms with Crippen LogP contribution in [0.4, 0.5) is 26.0 Å². The molecule has 9 heteroatoms. The molecule has 2 aromatic carbocycles. The zero-order chi connectivity index (χ0) is 24.5. The fourth-order valence-corrected chi connectivity index (χ4v) is 3.50. The molecule has 34 heavy (non-hydrogen) atoms. The minimum Gasteiger partial charge on any atom is -0.489 e. The van der Waals surface area contributed by atoms with Crippen molar-refractivity contribution in [2.75, 3.05) is 30.0 Å². The summed E-state index contributed by atoms with van der Waals surface area (Å²) in [6.07, 6.45) is 1.76. The quantitative estimate of drug-likeness (QED) is 0.549. The number of aryl methyl sites for hydroxylation is 1. The monoisotopic (exact) mass is 469 g/mol. The normalized spacial score (nSPS) is 13.2. The molecule has 7 nitrogen and oxygen atoms in total. The van der Waals surface area contributed by atoms with Gasteiger partial charge >= 0.3 is 0 Å². The van der Waals surface area contributed by atoms with Crippen molar-refractivity contribution >= 4 is 23.1 Å². The lowest BCUT2D eigenvalue weighted by Gasteiger charge is -2.31. The maximum absolute atomic E-state index is 14.4. The van der Waals surface area contributed by atoms with Crippen LogP contribution in [0, 0.1) is 18.6 Å². The first-order valence-corrected chi connectivity index (χ1v) is 10.7. The minimum atomic E-state index is -1.26. The molecule has 178 valence electrons. The first kappa shape index (κ1) is 23.4. The Bertz CT molecular complexity index is 1190. The summed E-state index contributed by atoms with van der Waals surface area (Å²) in [5, 5.41) is 12.2. The first-order valence-electron chi connectivity index (χ1n) is 10.7. The van der Waals surface area contributed by atoms with Gasteiger partial charge in [0.15, 0.2) is 23.1 Å². The molecule has 0 aliphatic carbocycles. The molecular weight excluding hydrogens is 444 g/mol. The Kier molecular flexibility index (Phi) is 6.39. The maximum Gasteiger partial charge on any atom is 0.259 e. The summed E-state index contributed by atoms with van der Waals surface area (Å²) in [6.45, 7) is 5.45. The molecule has 1 aliphatic rings. The number of benzene rings is 2. The van der Waals surface area contributed by atoms with Gasteiger partial charge in [0.25, 0.3) is 5.91 Å². The van der Waals surface area contributed by atoms with Crippen LogP contribution in [0.1, 0.15) is 29.8 Å². The van der Waals surface area contributed by atoms with Crippen molar-refractivity contribution in [3.63, 3.8) is 0 Å². The number of aliphatic hydroxyl groups is 1. The Labute approximate surface area is 196 Å². The van der Waals surface area contributed by atoms with Gasteiger partial charge < -0.3 is 24.8 Å². The highest BCUT2D eigenvalue weighted by atomic mass is 19.1. The van der Waals surface area contributed by atoms with Gasteiger partial charge in [0.2, 0.25) is 0 Å². The smallest absolute Gasteiger partial charge is 0.259 e. The number of pyridine rings is 1. The molecule has 0 fully saturated rings. The standard InChI is InChI=1S/C25H25F2N3O4/c1-15-7-8-21(28-13-15)30-9-10-33-22-17(5-4-6-20(22)30)24(31)29-16-11-18(26)23(19(27)12-16)34-14-25(2,3)32/h4-8,11-13,32H,9-10,14H2,1-3H3,(H,29,31). The number of aromatic nitrogens is 1. The molecule has 0 atom stereocenters. The van der Waals surface area contributed by atoms with Crippen LogP contribution in [-0.4, -0.2) is 41.4 Å². The average Bonchev–Trinajstić information content (AvgIpc) is 2.77. The number of hydrogen-bond donors (Lipinski definition) is 2. The van der Waals surface area contributed by atoms with Crippen LogP contribution in [0.15, 0.2) is 48.7 Å². The van der Waals surface area contributed by atoms with E-state index >= 15 is 0 Å². The van der Waals surface area contributed by atoms with Crippen molar-refractivity contribution in [3.8, 4) is 11.5 Å². The van der Waals surface area contributed by atoms with Gasteiger partial charge in [-0.05, 0) is 44.5 Å². The summed E-state index contributed by atoms with van der Waals surface area (Å²) >= 11 is 0. The highest BCUT2D eigenvalue weighted by Gasteiger charge is 2.26. The Balaban J connectivity index is 1.58. The lowest BCUT2D eigenvalue weighted by atomic mass is 10.1. The summed E-state index contributed by atoms with van der Waals surface area (Å²) in [5.41, 5.74) is 0.572. The molecule has 0 spiro atoms. The minimum absolute atomic E-state index is 0.0823. The van der Waals surface area contributed by atoms with Crippen molar-refractivity contribution < 1.29 is 28.2 Å². The summed E-state index contributed by atoms with van der Waals surface area (Å²) in [5.74, 6) is -2.12. The molecule has 0 saturated heterocycles. The highest BCUT2D eigenvalue weighted by Crippen LogP contribution is 2.39. The fourth-order valence-electron chi connectivity index (χ4n) is 3.50. The first-order chi connectivity index (χ1) is 16.1. The van der Waals surface area contributed by atoms with E-state index in [0.29, 0.717) is 24.6 Å². The SMILES string of the molecule is Cc1ccc(N2CCOc3c(C(=O)Nc4cc(F)c(OCC(C)(C)O)c(F)c4)cccc32)nc1. The van der Waals surface area contributed by atoms with Gasteiger partial charge in [-0.15, -0.1) is 0 Å². The van der Waals surface area contributed by atoms with Crippen molar-refractivity contribution in [3.05, 3.63) is 71.4 Å². The number of fused-ring (bicyclic) bond motifs is 1. The Morgan fingerprint density at radius 1 is 1.24 bits per heavy atom. The molecule has 3 aromatic rings. The molecule has 1 aromatic heterocycles. The number of hydrogen-bond acceptors (Lipinski definition) is 6. The number of rotatable bonds is 6. The summed E-state index contributed by atoms with van der Waals surface area (Å²) in [6, 6.07) is 10.9. The summed E-state index contributed by atoms with van der Waals surface area (Å²) < 4.78 is 39.8. The van der Waals surface area contributed by atoms with E-state index in [9.17, 15) is 18.7 Å². The van der Waals surface area contributed by atoms with E-state index in [1.807, 2.05) is 30.0 Å². The number of amides is 1. The molecule has 0 bridgehead atoms. The molecule has 2 heterocycles. The number of para-hydroxylation sites is 1. The zero-order valence-corrected chi connectivity index (χ0v) is 19.1. The molecule has 2 N–H and O–H groups in total. The van der Waals surface area contributed by atoms with Gasteiger partial charge in [-0.3, -0.25) is 4.79 Å². The van der Waals surface area contributed by atoms with Crippen LogP contribution in [0.3, 0.4) is 0 Å². The third kappa shape index (κ3) is 5.09. The fraction of sp³-hybridized carbons (Fsp3) is 0.280. The van der Waals surface area contributed by atoms with E-state index in [2.05, 4.69) is 10.3 Å². The second kappa shape index (κ2) is 9.26. The number of nitrogens with one attached hydrogen (secondary N) is 1. The van der Waals surface area contributed by atoms with Crippen LogP contribution < -0.4 is 19.7 Å². The van der Waals surface area contributed by atoms with E-state index in [0.717, 1.165) is 23.5 Å². The van der Waals surface area contributed by atoms with E-state index < -0.39 is 28.9 Å². The van der Waals surface area contributed by atoms with Gasteiger partial charge in [0, 0.05) is 24.0 Å². The van der Waals surface area contributed by atoms with Crippen LogP contribution in [0.25, 0.3) is 0 Å². The van der Waals surface area contributed by atoms with E-state index in [1.54, 1.807) is 18.3 Å². The predicted octanol–water partition coefficient (Wildman–Crippen LogP) is 4.60. The summed E-state index contributed by atoms with van der Waals surface area (Å²) in [4.78, 5) is 19.4. The number of carbonyl (C=O) groups excluding carboxylic acids is 1. The largest absolute Gasteiger partial charge is 0.489 e. The molecule has 1 amide bonds. The van der Waals surface area contributed by atoms with Gasteiger partial charge in [0.05, 0.1) is 23.4 Å². The maximum atomic E-state index is 14.4. The number of carbonyl (C=O) groups is 1. The third-order valence-electron chi connectivity index (χ3n) is 5.09. The molecule has 0 unspecified atom stereocenters. The van der Waals surface area contributed by atoms with Gasteiger partial charge in [-0.2, -0.15) is 0 Å². The van der Waals surface area contributed by atoms with E-state index in [1.165, 1.54) is 13.8 Å². The van der Waals surface area contributed by atoms with Gasteiger partial charge in [-0.25, -0.2) is 13.8 Å². The second-order valence-corrected chi connectivity index (χ2v) is 8.67. The Morgan fingerprint density at radius 3 is 2.62 bits per heavy atom. The van der Waals surface area contributed by atoms with Crippen molar-refractivity contribution in [2.45, 2.75) is 26.4 Å². The van der Waals surface area contributed by atoms with Crippen LogP contribution in [0.5, 0.6) is 11.5 Å². The molecular formula is C25H25F2N3O4. The number of halogens is 2. The number of anilines is 3. The number of nitrogens with zero attached hydrogens (tertiary/aromatic N) is 2. The van der Waals surface area contributed by atoms with Gasteiger partial charge in [-0.1, -0.05) is 12.1 Å². The van der Waals surface area contributed by atoms with Crippen molar-refractivity contribution in [2.24, 2.45) is 0 Å². The topological polar surface area (TPSA) is 83.9 Å². The average molecular weight is 469 g/mol. The lowest BCUT2D eigenvalue weighted by molar-refractivity contribution is 0.0257. The van der Waals surface area contributed by atoms with Crippen molar-refractivity contribution in [1.29, 1.82) is 0 Å². The number of ether oxygens (including phenoxy) is 2. The van der Waals surface area contributed by atoms with Crippen molar-refractivity contribution in [1.82, 2.24) is 4.98 Å². The van der Waals surface area contributed by atoms with Crippen LogP contribution >= 0.6 is 0 Å². The molecule has 0 radical (unpaired) electrons. The Morgan fingerprint density at radius 2 is 1.97 bits per heavy atom. The second-order valence-electron chi connectivity index (χ2n) is 8.67. The van der Waals surface area contributed by atoms with Crippen LogP contribution in [-0.2, 0) is 0 Å². The third-order valence-corrected chi connectivity index (χ3v) is 5.09. The lowest BCUT2D eigenvalue weighted by Crippen LogP contribution is -2.30. The van der Waals surface area contributed by atoms with Gasteiger partial charge in [0.1, 0.15) is 19.0 Å².